The summed E-state index contributed by atoms with van der Waals surface area (Å²) in [5.74, 6) is 0. The highest BCUT2D eigenvalue weighted by atomic mass is 28.5. The third-order valence-corrected chi connectivity index (χ3v) is 25.3. The molecule has 0 spiro atoms. The second kappa shape index (κ2) is 9.27. The van der Waals surface area contributed by atoms with Gasteiger partial charge in [-0.05, 0) is 49.9 Å². The van der Waals surface area contributed by atoms with Gasteiger partial charge < -0.3 is 16.5 Å². The molecule has 0 amide bonds. The van der Waals surface area contributed by atoms with E-state index in [1.807, 2.05) is 0 Å². The van der Waals surface area contributed by atoms with Gasteiger partial charge >= 0.3 is 34.2 Å². The molecule has 1 fully saturated rings. The zero-order chi connectivity index (χ0) is 19.4. The van der Waals surface area contributed by atoms with Crippen molar-refractivity contribution in [2.24, 2.45) is 0 Å². The van der Waals surface area contributed by atoms with Gasteiger partial charge in [-0.25, -0.2) is 0 Å². The van der Waals surface area contributed by atoms with E-state index >= 15 is 0 Å². The maximum Gasteiger partial charge on any atom is 0.320 e. The molecule has 8 heteroatoms. The van der Waals surface area contributed by atoms with Gasteiger partial charge in [0.1, 0.15) is 0 Å². The number of rotatable bonds is 8. The summed E-state index contributed by atoms with van der Waals surface area (Å²) in [5.41, 5.74) is 0.448. The van der Waals surface area contributed by atoms with Gasteiger partial charge in [-0.3, -0.25) is 0 Å². The average molecular weight is 423 g/mol. The normalized spacial score (nSPS) is 41.2. The van der Waals surface area contributed by atoms with Crippen molar-refractivity contribution in [2.75, 3.05) is 0 Å². The summed E-state index contributed by atoms with van der Waals surface area (Å²) in [6, 6.07) is 3.08. The van der Waals surface area contributed by atoms with Gasteiger partial charge in [-0.2, -0.15) is 0 Å². The van der Waals surface area contributed by atoms with Crippen LogP contribution in [0.25, 0.3) is 0 Å². The van der Waals surface area contributed by atoms with Gasteiger partial charge in [0.25, 0.3) is 0 Å². The maximum absolute atomic E-state index is 6.97. The van der Waals surface area contributed by atoms with Gasteiger partial charge in [-0.1, -0.05) is 60.3 Å². The molecule has 0 aliphatic carbocycles. The molecule has 150 valence electrons. The zero-order valence-electron chi connectivity index (χ0n) is 18.2. The van der Waals surface area contributed by atoms with Crippen molar-refractivity contribution in [3.05, 3.63) is 0 Å². The summed E-state index contributed by atoms with van der Waals surface area (Å²) in [6.45, 7) is 20.2. The molecular weight excluding hydrogens is 381 g/mol. The van der Waals surface area contributed by atoms with Crippen LogP contribution in [0.5, 0.6) is 0 Å². The first-order chi connectivity index (χ1) is 11.5. The Balaban J connectivity index is 3.33. The molecule has 0 aromatic rings. The zero-order valence-corrected chi connectivity index (χ0v) is 22.2. The summed E-state index contributed by atoms with van der Waals surface area (Å²) in [7, 11) is -9.23. The maximum atomic E-state index is 6.97. The van der Waals surface area contributed by atoms with E-state index in [1.165, 1.54) is 0 Å². The van der Waals surface area contributed by atoms with E-state index in [-0.39, 0.29) is 0 Å². The van der Waals surface area contributed by atoms with Crippen molar-refractivity contribution in [1.29, 1.82) is 0 Å². The molecule has 25 heavy (non-hydrogen) atoms. The second-order valence-corrected chi connectivity index (χ2v) is 23.0. The Bertz CT molecular complexity index is 401. The number of hydrogen-bond donors (Lipinski definition) is 0. The van der Waals surface area contributed by atoms with Gasteiger partial charge in [0.05, 0.1) is 0 Å². The quantitative estimate of drug-likeness (QED) is 0.425. The highest BCUT2D eigenvalue weighted by molar-refractivity contribution is 6.94. The van der Waals surface area contributed by atoms with Crippen molar-refractivity contribution in [2.45, 2.75) is 110 Å². The van der Waals surface area contributed by atoms with Crippen LogP contribution in [0, 0.1) is 0 Å². The lowest BCUT2D eigenvalue weighted by Crippen LogP contribution is -2.68. The van der Waals surface area contributed by atoms with E-state index in [9.17, 15) is 0 Å². The van der Waals surface area contributed by atoms with Gasteiger partial charge in [-0.15, -0.1) is 0 Å². The first-order valence-electron chi connectivity index (χ1n) is 10.3. The fourth-order valence-electron chi connectivity index (χ4n) is 4.09. The molecule has 0 N–H and O–H groups in total. The molecule has 0 saturated carbocycles. The highest BCUT2D eigenvalue weighted by Gasteiger charge is 2.57. The summed E-state index contributed by atoms with van der Waals surface area (Å²) >= 11 is 0. The van der Waals surface area contributed by atoms with E-state index < -0.39 is 34.2 Å². The SMILES string of the molecule is CCC[Si]1(C)O[Si](C)(CCC)O[Si](C)(C(C)CC)O[Si](C)(CCC)O1. The van der Waals surface area contributed by atoms with E-state index in [4.69, 9.17) is 16.5 Å². The fraction of sp³-hybridized carbons (Fsp3) is 1.00. The van der Waals surface area contributed by atoms with Crippen LogP contribution < -0.4 is 0 Å². The van der Waals surface area contributed by atoms with E-state index in [0.29, 0.717) is 5.54 Å². The smallest absolute Gasteiger partial charge is 0.320 e. The Kier molecular flexibility index (Phi) is 8.80. The minimum atomic E-state index is -2.36. The third-order valence-electron chi connectivity index (χ3n) is 5.32. The Morgan fingerprint density at radius 1 is 0.600 bits per heavy atom. The van der Waals surface area contributed by atoms with Crippen molar-refractivity contribution < 1.29 is 16.5 Å². The number of hydrogen-bond acceptors (Lipinski definition) is 4. The largest absolute Gasteiger partial charge is 0.416 e. The fourth-order valence-corrected chi connectivity index (χ4v) is 28.0. The van der Waals surface area contributed by atoms with Crippen molar-refractivity contribution in [3.63, 3.8) is 0 Å². The Labute approximate surface area is 161 Å². The lowest BCUT2D eigenvalue weighted by atomic mass is 10.4. The lowest BCUT2D eigenvalue weighted by molar-refractivity contribution is 0.215. The molecule has 1 heterocycles. The van der Waals surface area contributed by atoms with Crippen molar-refractivity contribution >= 4 is 34.2 Å². The summed E-state index contributed by atoms with van der Waals surface area (Å²) in [4.78, 5) is 0. The van der Waals surface area contributed by atoms with Crippen LogP contribution >= 0.6 is 0 Å². The van der Waals surface area contributed by atoms with E-state index in [2.05, 4.69) is 60.8 Å². The molecule has 3 atom stereocenters. The predicted molar refractivity (Wildman–Crippen MR) is 116 cm³/mol. The van der Waals surface area contributed by atoms with Gasteiger partial charge in [0, 0.05) is 0 Å². The molecule has 0 aromatic heterocycles. The highest BCUT2D eigenvalue weighted by Crippen LogP contribution is 2.41. The molecule has 0 aromatic carbocycles. The monoisotopic (exact) mass is 422 g/mol. The average Bonchev–Trinajstić information content (AvgIpc) is 2.44. The molecule has 1 rings (SSSR count). The third kappa shape index (κ3) is 6.37. The Hall–Kier alpha value is 0.708. The minimum absolute atomic E-state index is 0.448. The molecular formula is C17H42O4Si4. The molecule has 1 aliphatic heterocycles. The van der Waals surface area contributed by atoms with Gasteiger partial charge in [0.2, 0.25) is 0 Å². The molecule has 0 bridgehead atoms. The van der Waals surface area contributed by atoms with Crippen LogP contribution in [0.15, 0.2) is 0 Å². The second-order valence-electron chi connectivity index (χ2n) is 8.38. The molecule has 0 radical (unpaired) electrons. The van der Waals surface area contributed by atoms with Gasteiger partial charge in [0.15, 0.2) is 0 Å². The topological polar surface area (TPSA) is 36.9 Å². The van der Waals surface area contributed by atoms with Crippen molar-refractivity contribution in [3.8, 4) is 0 Å². The van der Waals surface area contributed by atoms with Crippen LogP contribution in [0.3, 0.4) is 0 Å². The van der Waals surface area contributed by atoms with E-state index in [1.54, 1.807) is 0 Å². The summed E-state index contributed by atoms with van der Waals surface area (Å²) in [6.07, 6.45) is 4.36. The molecule has 3 unspecified atom stereocenters. The van der Waals surface area contributed by atoms with Crippen LogP contribution in [-0.4, -0.2) is 34.2 Å². The van der Waals surface area contributed by atoms with Crippen LogP contribution in [0.1, 0.15) is 60.3 Å². The summed E-state index contributed by atoms with van der Waals surface area (Å²) in [5, 5.41) is 0. The van der Waals surface area contributed by atoms with Crippen LogP contribution in [0.4, 0.5) is 0 Å². The first kappa shape index (κ1) is 23.7. The van der Waals surface area contributed by atoms with Crippen LogP contribution in [0.2, 0.25) is 49.9 Å². The molecule has 1 aliphatic rings. The molecule has 1 saturated heterocycles. The standard InChI is InChI=1S/C17H42O4Si4/c1-10-14-22(6)18-23(7,15-11-2)20-25(9,17(5)13-4)21-24(8,19-22)16-12-3/h17H,10-16H2,1-9H3. The van der Waals surface area contributed by atoms with Crippen LogP contribution in [-0.2, 0) is 16.5 Å². The minimum Gasteiger partial charge on any atom is -0.416 e. The summed E-state index contributed by atoms with van der Waals surface area (Å²) < 4.78 is 27.7. The predicted octanol–water partition coefficient (Wildman–Crippen LogP) is 6.38. The lowest BCUT2D eigenvalue weighted by Gasteiger charge is -2.51. The first-order valence-corrected chi connectivity index (χ1v) is 20.3. The van der Waals surface area contributed by atoms with E-state index in [0.717, 1.165) is 43.8 Å². The van der Waals surface area contributed by atoms with Crippen molar-refractivity contribution in [1.82, 2.24) is 0 Å². The Morgan fingerprint density at radius 3 is 1.20 bits per heavy atom. The Morgan fingerprint density at radius 2 is 0.920 bits per heavy atom. The molecule has 4 nitrogen and oxygen atoms in total.